The molecule has 4 rings (SSSR count). The third kappa shape index (κ3) is 4.64. The molecule has 2 unspecified atom stereocenters. The second kappa shape index (κ2) is 9.11. The second-order valence-electron chi connectivity index (χ2n) is 7.85. The van der Waals surface area contributed by atoms with E-state index in [4.69, 9.17) is 16.3 Å². The average Bonchev–Trinajstić information content (AvgIpc) is 2.95. The number of para-hydroxylation sites is 1. The summed E-state index contributed by atoms with van der Waals surface area (Å²) in [6.45, 7) is 4.75. The SMILES string of the molecule is CC1CN(S(=O)(=O)c2cc(C(=O)N3CCCSc4ccccc43)ccc2Cl)CC(C)O1. The second-order valence-corrected chi connectivity index (χ2v) is 11.3. The number of nitrogens with zero attached hydrogens (tertiary/aromatic N) is 2. The zero-order chi connectivity index (χ0) is 22.2. The predicted molar refractivity (Wildman–Crippen MR) is 124 cm³/mol. The number of morpholine rings is 1. The molecular formula is C22H25ClN2O4S2. The van der Waals surface area contributed by atoms with Gasteiger partial charge in [0.25, 0.3) is 5.91 Å². The van der Waals surface area contributed by atoms with E-state index in [9.17, 15) is 13.2 Å². The summed E-state index contributed by atoms with van der Waals surface area (Å²) in [4.78, 5) is 16.2. The van der Waals surface area contributed by atoms with Gasteiger partial charge in [-0.25, -0.2) is 8.42 Å². The van der Waals surface area contributed by atoms with Crippen LogP contribution in [0.3, 0.4) is 0 Å². The molecule has 0 aromatic heterocycles. The molecule has 6 nitrogen and oxygen atoms in total. The maximum absolute atomic E-state index is 13.4. The third-order valence-electron chi connectivity index (χ3n) is 5.37. The minimum Gasteiger partial charge on any atom is -0.373 e. The molecule has 0 saturated carbocycles. The first kappa shape index (κ1) is 22.6. The molecule has 0 aliphatic carbocycles. The fourth-order valence-electron chi connectivity index (χ4n) is 3.99. The summed E-state index contributed by atoms with van der Waals surface area (Å²) in [5, 5.41) is 0.107. The molecule has 2 heterocycles. The Kier molecular flexibility index (Phi) is 6.65. The minimum atomic E-state index is -3.87. The highest BCUT2D eigenvalue weighted by molar-refractivity contribution is 7.99. The molecule has 2 aromatic rings. The van der Waals surface area contributed by atoms with Crippen LogP contribution in [0.1, 0.15) is 30.6 Å². The quantitative estimate of drug-likeness (QED) is 0.656. The number of ether oxygens (including phenoxy) is 1. The molecule has 1 amide bonds. The van der Waals surface area contributed by atoms with Gasteiger partial charge in [-0.3, -0.25) is 4.79 Å². The lowest BCUT2D eigenvalue weighted by molar-refractivity contribution is -0.0440. The first-order valence-electron chi connectivity index (χ1n) is 10.3. The van der Waals surface area contributed by atoms with Crippen molar-refractivity contribution in [2.45, 2.75) is 42.3 Å². The fourth-order valence-corrected chi connectivity index (χ4v) is 7.08. The van der Waals surface area contributed by atoms with E-state index in [-0.39, 0.29) is 41.1 Å². The summed E-state index contributed by atoms with van der Waals surface area (Å²) in [5.41, 5.74) is 1.16. The van der Waals surface area contributed by atoms with E-state index in [1.165, 1.54) is 16.4 Å². The smallest absolute Gasteiger partial charge is 0.258 e. The highest BCUT2D eigenvalue weighted by Crippen LogP contribution is 2.35. The van der Waals surface area contributed by atoms with Crippen LogP contribution in [0, 0.1) is 0 Å². The Morgan fingerprint density at radius 1 is 1.13 bits per heavy atom. The van der Waals surface area contributed by atoms with Crippen molar-refractivity contribution < 1.29 is 17.9 Å². The number of amides is 1. The van der Waals surface area contributed by atoms with Gasteiger partial charge >= 0.3 is 0 Å². The van der Waals surface area contributed by atoms with E-state index in [2.05, 4.69) is 0 Å². The third-order valence-corrected chi connectivity index (χ3v) is 8.83. The van der Waals surface area contributed by atoms with Crippen LogP contribution < -0.4 is 4.90 Å². The van der Waals surface area contributed by atoms with Gasteiger partial charge in [-0.15, -0.1) is 11.8 Å². The van der Waals surface area contributed by atoms with Crippen molar-refractivity contribution in [3.63, 3.8) is 0 Å². The van der Waals surface area contributed by atoms with Crippen LogP contribution in [0.25, 0.3) is 0 Å². The summed E-state index contributed by atoms with van der Waals surface area (Å²) in [6.07, 6.45) is 0.425. The Hall–Kier alpha value is -1.58. The van der Waals surface area contributed by atoms with E-state index < -0.39 is 10.0 Å². The largest absolute Gasteiger partial charge is 0.373 e. The van der Waals surface area contributed by atoms with Gasteiger partial charge in [0.2, 0.25) is 10.0 Å². The van der Waals surface area contributed by atoms with Crippen LogP contribution in [0.2, 0.25) is 5.02 Å². The number of fused-ring (bicyclic) bond motifs is 1. The molecule has 31 heavy (non-hydrogen) atoms. The molecule has 1 saturated heterocycles. The number of rotatable bonds is 3. The van der Waals surface area contributed by atoms with Gasteiger partial charge in [-0.2, -0.15) is 4.31 Å². The zero-order valence-electron chi connectivity index (χ0n) is 17.5. The number of carbonyl (C=O) groups excluding carboxylic acids is 1. The molecule has 2 atom stereocenters. The molecule has 2 aromatic carbocycles. The van der Waals surface area contributed by atoms with Crippen LogP contribution in [0.4, 0.5) is 5.69 Å². The number of benzene rings is 2. The minimum absolute atomic E-state index is 0.0428. The van der Waals surface area contributed by atoms with Gasteiger partial charge in [0.1, 0.15) is 4.90 Å². The highest BCUT2D eigenvalue weighted by Gasteiger charge is 2.34. The van der Waals surface area contributed by atoms with Crippen LogP contribution >= 0.6 is 23.4 Å². The summed E-state index contributed by atoms with van der Waals surface area (Å²) < 4.78 is 33.8. The lowest BCUT2D eigenvalue weighted by atomic mass is 10.1. The van der Waals surface area contributed by atoms with Crippen LogP contribution in [-0.2, 0) is 14.8 Å². The number of hydrogen-bond acceptors (Lipinski definition) is 5. The summed E-state index contributed by atoms with van der Waals surface area (Å²) >= 11 is 8.03. The monoisotopic (exact) mass is 480 g/mol. The molecule has 0 bridgehead atoms. The van der Waals surface area contributed by atoms with E-state index >= 15 is 0 Å². The number of hydrogen-bond donors (Lipinski definition) is 0. The van der Waals surface area contributed by atoms with Crippen molar-refractivity contribution in [3.8, 4) is 0 Å². The van der Waals surface area contributed by atoms with Gasteiger partial charge < -0.3 is 9.64 Å². The van der Waals surface area contributed by atoms with Gasteiger partial charge in [0.15, 0.2) is 0 Å². The number of carbonyl (C=O) groups is 1. The molecule has 9 heteroatoms. The normalized spacial score (nSPS) is 22.6. The predicted octanol–water partition coefficient (Wildman–Crippen LogP) is 4.28. The summed E-state index contributed by atoms with van der Waals surface area (Å²) in [7, 11) is -3.87. The molecule has 0 spiro atoms. The Labute approximate surface area is 192 Å². The van der Waals surface area contributed by atoms with Crippen molar-refractivity contribution in [1.29, 1.82) is 0 Å². The molecular weight excluding hydrogens is 456 g/mol. The van der Waals surface area contributed by atoms with Crippen molar-refractivity contribution in [3.05, 3.63) is 53.1 Å². The summed E-state index contributed by atoms with van der Waals surface area (Å²) in [6, 6.07) is 12.3. The Morgan fingerprint density at radius 3 is 2.58 bits per heavy atom. The highest BCUT2D eigenvalue weighted by atomic mass is 35.5. The summed E-state index contributed by atoms with van der Waals surface area (Å²) in [5.74, 6) is 0.695. The maximum Gasteiger partial charge on any atom is 0.258 e. The molecule has 0 radical (unpaired) electrons. The maximum atomic E-state index is 13.4. The van der Waals surface area contributed by atoms with Gasteiger partial charge in [0.05, 0.1) is 22.9 Å². The number of thioether (sulfide) groups is 1. The van der Waals surface area contributed by atoms with E-state index in [1.54, 1.807) is 22.7 Å². The molecule has 2 aliphatic heterocycles. The molecule has 166 valence electrons. The van der Waals surface area contributed by atoms with Gasteiger partial charge in [0, 0.05) is 30.1 Å². The Balaban J connectivity index is 1.69. The standard InChI is InChI=1S/C22H25ClN2O4S2/c1-15-13-24(14-16(2)29-15)31(27,28)21-12-17(8-9-18(21)23)22(26)25-10-5-11-30-20-7-4-3-6-19(20)25/h3-4,6-9,12,15-16H,5,10-11,13-14H2,1-2H3. The first-order chi connectivity index (χ1) is 14.8. The van der Waals surface area contributed by atoms with Crippen molar-refractivity contribution in [2.24, 2.45) is 0 Å². The van der Waals surface area contributed by atoms with Crippen molar-refractivity contribution >= 4 is 45.0 Å². The van der Waals surface area contributed by atoms with Crippen LogP contribution in [0.15, 0.2) is 52.3 Å². The lowest BCUT2D eigenvalue weighted by Crippen LogP contribution is -2.48. The lowest BCUT2D eigenvalue weighted by Gasteiger charge is -2.34. The van der Waals surface area contributed by atoms with Gasteiger partial charge in [-0.1, -0.05) is 23.7 Å². The van der Waals surface area contributed by atoms with Crippen LogP contribution in [0.5, 0.6) is 0 Å². The fraction of sp³-hybridized carbons (Fsp3) is 0.409. The van der Waals surface area contributed by atoms with Crippen molar-refractivity contribution in [2.75, 3.05) is 30.3 Å². The molecule has 0 N–H and O–H groups in total. The topological polar surface area (TPSA) is 66.9 Å². The van der Waals surface area contributed by atoms with E-state index in [0.29, 0.717) is 12.1 Å². The number of halogens is 1. The Morgan fingerprint density at radius 2 is 1.84 bits per heavy atom. The molecule has 1 fully saturated rings. The average molecular weight is 481 g/mol. The zero-order valence-corrected chi connectivity index (χ0v) is 19.8. The Bertz CT molecular complexity index is 1080. The van der Waals surface area contributed by atoms with Crippen LogP contribution in [-0.4, -0.2) is 56.2 Å². The molecule has 2 aliphatic rings. The van der Waals surface area contributed by atoms with Gasteiger partial charge in [-0.05, 0) is 56.4 Å². The first-order valence-corrected chi connectivity index (χ1v) is 13.1. The van der Waals surface area contributed by atoms with Crippen molar-refractivity contribution in [1.82, 2.24) is 4.31 Å². The van der Waals surface area contributed by atoms with E-state index in [1.807, 2.05) is 38.1 Å². The number of anilines is 1. The number of sulfonamides is 1. The van der Waals surface area contributed by atoms with E-state index in [0.717, 1.165) is 22.8 Å².